The monoisotopic (exact) mass is 413 g/mol. The van der Waals surface area contributed by atoms with E-state index in [0.717, 1.165) is 11.1 Å². The first-order valence-corrected chi connectivity index (χ1v) is 9.21. The molecule has 0 heterocycles. The Bertz CT molecular complexity index is 932. The Morgan fingerprint density at radius 2 is 1.40 bits per heavy atom. The Hall–Kier alpha value is -3.61. The van der Waals surface area contributed by atoms with Crippen molar-refractivity contribution in [1.82, 2.24) is 5.32 Å². The highest BCUT2D eigenvalue weighted by Crippen LogP contribution is 2.25. The van der Waals surface area contributed by atoms with Gasteiger partial charge >= 0.3 is 6.61 Å². The van der Waals surface area contributed by atoms with Gasteiger partial charge in [0, 0.05) is 0 Å². The molecule has 3 rings (SSSR count). The molecular formula is C23H21F2NO4. The van der Waals surface area contributed by atoms with E-state index in [1.54, 1.807) is 43.5 Å². The van der Waals surface area contributed by atoms with Crippen LogP contribution in [0.5, 0.6) is 17.2 Å². The summed E-state index contributed by atoms with van der Waals surface area (Å²) in [5.74, 6) is 0.952. The maximum atomic E-state index is 12.5. The fourth-order valence-electron chi connectivity index (χ4n) is 2.87. The Kier molecular flexibility index (Phi) is 7.21. The van der Waals surface area contributed by atoms with Gasteiger partial charge in [0.1, 0.15) is 17.2 Å². The third-order valence-corrected chi connectivity index (χ3v) is 4.31. The van der Waals surface area contributed by atoms with Crippen LogP contribution in [0.1, 0.15) is 17.2 Å². The number of carbonyl (C=O) groups is 1. The van der Waals surface area contributed by atoms with Crippen LogP contribution in [-0.2, 0) is 4.79 Å². The van der Waals surface area contributed by atoms with Crippen molar-refractivity contribution in [2.45, 2.75) is 12.7 Å². The molecule has 156 valence electrons. The fraction of sp³-hybridized carbons (Fsp3) is 0.174. The van der Waals surface area contributed by atoms with Gasteiger partial charge in [-0.25, -0.2) is 0 Å². The lowest BCUT2D eigenvalue weighted by Gasteiger charge is -2.20. The SMILES string of the molecule is COc1ccc(OCC(=O)N[C@H](c2ccccc2)c2ccc(OC(F)F)cc2)cc1. The molecule has 0 bridgehead atoms. The van der Waals surface area contributed by atoms with Gasteiger partial charge in [0.25, 0.3) is 5.91 Å². The van der Waals surface area contributed by atoms with E-state index in [1.807, 2.05) is 30.3 Å². The number of benzene rings is 3. The minimum absolute atomic E-state index is 0.0507. The van der Waals surface area contributed by atoms with Gasteiger partial charge in [0.2, 0.25) is 0 Å². The quantitative estimate of drug-likeness (QED) is 0.558. The highest BCUT2D eigenvalue weighted by molar-refractivity contribution is 5.78. The van der Waals surface area contributed by atoms with E-state index in [1.165, 1.54) is 12.1 Å². The van der Waals surface area contributed by atoms with Crippen molar-refractivity contribution in [3.63, 3.8) is 0 Å². The highest BCUT2D eigenvalue weighted by Gasteiger charge is 2.17. The van der Waals surface area contributed by atoms with E-state index in [4.69, 9.17) is 9.47 Å². The number of hydrogen-bond donors (Lipinski definition) is 1. The second-order valence-electron chi connectivity index (χ2n) is 6.32. The number of amides is 1. The average Bonchev–Trinajstić information content (AvgIpc) is 2.77. The van der Waals surface area contributed by atoms with Crippen LogP contribution in [0.25, 0.3) is 0 Å². The van der Waals surface area contributed by atoms with Crippen molar-refractivity contribution in [1.29, 1.82) is 0 Å². The van der Waals surface area contributed by atoms with E-state index >= 15 is 0 Å². The van der Waals surface area contributed by atoms with Gasteiger partial charge in [-0.15, -0.1) is 0 Å². The minimum Gasteiger partial charge on any atom is -0.497 e. The van der Waals surface area contributed by atoms with Gasteiger partial charge in [-0.2, -0.15) is 8.78 Å². The highest BCUT2D eigenvalue weighted by atomic mass is 19.3. The first-order chi connectivity index (χ1) is 14.5. The summed E-state index contributed by atoms with van der Waals surface area (Å²) in [5, 5.41) is 2.93. The number of rotatable bonds is 9. The molecule has 1 amide bonds. The molecule has 0 aromatic heterocycles. The van der Waals surface area contributed by atoms with Crippen LogP contribution in [0.3, 0.4) is 0 Å². The van der Waals surface area contributed by atoms with Gasteiger partial charge in [-0.3, -0.25) is 4.79 Å². The summed E-state index contributed by atoms with van der Waals surface area (Å²) in [6.45, 7) is -3.07. The molecule has 0 fully saturated rings. The molecule has 3 aromatic rings. The van der Waals surface area contributed by atoms with Crippen LogP contribution in [0.2, 0.25) is 0 Å². The Balaban J connectivity index is 1.70. The van der Waals surface area contributed by atoms with Gasteiger partial charge in [-0.1, -0.05) is 42.5 Å². The van der Waals surface area contributed by atoms with Crippen molar-refractivity contribution in [3.05, 3.63) is 90.0 Å². The second kappa shape index (κ2) is 10.2. The third-order valence-electron chi connectivity index (χ3n) is 4.31. The van der Waals surface area contributed by atoms with Crippen LogP contribution in [0.4, 0.5) is 8.78 Å². The summed E-state index contributed by atoms with van der Waals surface area (Å²) >= 11 is 0. The molecule has 5 nitrogen and oxygen atoms in total. The predicted octanol–water partition coefficient (Wildman–Crippen LogP) is 4.58. The maximum Gasteiger partial charge on any atom is 0.387 e. The molecule has 0 saturated heterocycles. The zero-order valence-electron chi connectivity index (χ0n) is 16.3. The molecular weight excluding hydrogens is 392 g/mol. The van der Waals surface area contributed by atoms with E-state index < -0.39 is 12.7 Å². The second-order valence-corrected chi connectivity index (χ2v) is 6.32. The summed E-state index contributed by atoms with van der Waals surface area (Å²) in [7, 11) is 1.57. The summed E-state index contributed by atoms with van der Waals surface area (Å²) in [5.41, 5.74) is 1.57. The van der Waals surface area contributed by atoms with E-state index in [-0.39, 0.29) is 18.3 Å². The molecule has 7 heteroatoms. The van der Waals surface area contributed by atoms with Crippen LogP contribution >= 0.6 is 0 Å². The van der Waals surface area contributed by atoms with Crippen molar-refractivity contribution >= 4 is 5.91 Å². The lowest BCUT2D eigenvalue weighted by atomic mass is 9.98. The lowest BCUT2D eigenvalue weighted by molar-refractivity contribution is -0.123. The molecule has 0 saturated carbocycles. The molecule has 1 atom stereocenters. The average molecular weight is 413 g/mol. The van der Waals surface area contributed by atoms with Crippen molar-refractivity contribution in [3.8, 4) is 17.2 Å². The standard InChI is InChI=1S/C23H21F2NO4/c1-28-18-11-13-19(14-12-18)29-15-21(27)26-22(16-5-3-2-4-6-16)17-7-9-20(10-8-17)30-23(24)25/h2-14,22-23H,15H2,1H3,(H,26,27)/t22-/m1/s1. The van der Waals surface area contributed by atoms with Crippen LogP contribution < -0.4 is 19.5 Å². The summed E-state index contributed by atoms with van der Waals surface area (Å²) in [4.78, 5) is 12.5. The maximum absolute atomic E-state index is 12.5. The zero-order chi connectivity index (χ0) is 21.3. The number of ether oxygens (including phenoxy) is 3. The summed E-state index contributed by atoms with van der Waals surface area (Å²) in [6.07, 6.45) is 0. The molecule has 3 aromatic carbocycles. The van der Waals surface area contributed by atoms with Crippen molar-refractivity contribution in [2.75, 3.05) is 13.7 Å². The van der Waals surface area contributed by atoms with E-state index in [9.17, 15) is 13.6 Å². The molecule has 0 unspecified atom stereocenters. The number of methoxy groups -OCH3 is 1. The van der Waals surface area contributed by atoms with E-state index in [0.29, 0.717) is 11.5 Å². The topological polar surface area (TPSA) is 56.8 Å². The van der Waals surface area contributed by atoms with Gasteiger partial charge in [0.15, 0.2) is 6.61 Å². The lowest BCUT2D eigenvalue weighted by Crippen LogP contribution is -2.33. The Morgan fingerprint density at radius 1 is 0.833 bits per heavy atom. The van der Waals surface area contributed by atoms with Gasteiger partial charge < -0.3 is 19.5 Å². The smallest absolute Gasteiger partial charge is 0.387 e. The van der Waals surface area contributed by atoms with E-state index in [2.05, 4.69) is 10.1 Å². The van der Waals surface area contributed by atoms with Crippen molar-refractivity contribution < 1.29 is 27.8 Å². The molecule has 0 aliphatic carbocycles. The number of hydrogen-bond acceptors (Lipinski definition) is 4. The van der Waals surface area contributed by atoms with Crippen LogP contribution in [0, 0.1) is 0 Å². The summed E-state index contributed by atoms with van der Waals surface area (Å²) < 4.78 is 39.8. The number of carbonyl (C=O) groups excluding carboxylic acids is 1. The molecule has 0 radical (unpaired) electrons. The molecule has 0 spiro atoms. The first-order valence-electron chi connectivity index (χ1n) is 9.21. The zero-order valence-corrected chi connectivity index (χ0v) is 16.3. The Morgan fingerprint density at radius 3 is 2.00 bits per heavy atom. The largest absolute Gasteiger partial charge is 0.497 e. The molecule has 0 aliphatic heterocycles. The normalized spacial score (nSPS) is 11.6. The minimum atomic E-state index is -2.89. The number of nitrogens with one attached hydrogen (secondary N) is 1. The first kappa shape index (κ1) is 21.1. The number of alkyl halides is 2. The van der Waals surface area contributed by atoms with Crippen LogP contribution in [-0.4, -0.2) is 26.2 Å². The molecule has 30 heavy (non-hydrogen) atoms. The Labute approximate surface area is 173 Å². The number of halogens is 2. The third kappa shape index (κ3) is 5.94. The van der Waals surface area contributed by atoms with Gasteiger partial charge in [0.05, 0.1) is 13.2 Å². The fourth-order valence-corrected chi connectivity index (χ4v) is 2.87. The van der Waals surface area contributed by atoms with Gasteiger partial charge in [-0.05, 0) is 47.5 Å². The van der Waals surface area contributed by atoms with Crippen molar-refractivity contribution in [2.24, 2.45) is 0 Å². The predicted molar refractivity (Wildman–Crippen MR) is 108 cm³/mol. The molecule has 1 N–H and O–H groups in total. The molecule has 0 aliphatic rings. The summed E-state index contributed by atoms with van der Waals surface area (Å²) in [6, 6.07) is 21.9. The van der Waals surface area contributed by atoms with Crippen LogP contribution in [0.15, 0.2) is 78.9 Å².